The van der Waals surface area contributed by atoms with E-state index in [0.717, 1.165) is 31.9 Å². The number of hydrogen-bond donors (Lipinski definition) is 1. The zero-order valence-corrected chi connectivity index (χ0v) is 13.9. The SMILES string of the molecule is FC(F)c1ccc2ncc(-c3cc(N4CCC5CNCC54)ncn3)n2n1. The lowest BCUT2D eigenvalue weighted by atomic mass is 10.1. The van der Waals surface area contributed by atoms with E-state index in [2.05, 4.69) is 30.3 Å². The maximum atomic E-state index is 13.0. The molecule has 5 rings (SSSR count). The summed E-state index contributed by atoms with van der Waals surface area (Å²) in [7, 11) is 0. The first-order valence-electron chi connectivity index (χ1n) is 8.63. The molecule has 2 fully saturated rings. The van der Waals surface area contributed by atoms with E-state index in [1.54, 1.807) is 6.20 Å². The predicted molar refractivity (Wildman–Crippen MR) is 91.1 cm³/mol. The maximum Gasteiger partial charge on any atom is 0.282 e. The van der Waals surface area contributed by atoms with Gasteiger partial charge in [-0.25, -0.2) is 28.2 Å². The van der Waals surface area contributed by atoms with E-state index in [9.17, 15) is 8.78 Å². The fourth-order valence-electron chi connectivity index (χ4n) is 3.96. The maximum absolute atomic E-state index is 13.0. The lowest BCUT2D eigenvalue weighted by Crippen LogP contribution is -2.34. The molecule has 7 nitrogen and oxygen atoms in total. The summed E-state index contributed by atoms with van der Waals surface area (Å²) in [5, 5.41) is 7.44. The summed E-state index contributed by atoms with van der Waals surface area (Å²) in [6, 6.07) is 5.17. The van der Waals surface area contributed by atoms with Crippen LogP contribution in [0.3, 0.4) is 0 Å². The fraction of sp³-hybridized carbons (Fsp3) is 0.412. The molecule has 2 aliphatic rings. The molecule has 2 aliphatic heterocycles. The van der Waals surface area contributed by atoms with Gasteiger partial charge in [-0.1, -0.05) is 0 Å². The molecule has 0 amide bonds. The highest BCUT2D eigenvalue weighted by Gasteiger charge is 2.38. The van der Waals surface area contributed by atoms with Crippen molar-refractivity contribution in [2.45, 2.75) is 18.9 Å². The van der Waals surface area contributed by atoms with Crippen molar-refractivity contribution in [1.29, 1.82) is 0 Å². The Balaban J connectivity index is 1.55. The summed E-state index contributed by atoms with van der Waals surface area (Å²) in [5.74, 6) is 1.51. The first-order valence-corrected chi connectivity index (χ1v) is 8.63. The Kier molecular flexibility index (Phi) is 3.56. The van der Waals surface area contributed by atoms with Crippen molar-refractivity contribution in [2.75, 3.05) is 24.5 Å². The normalized spacial score (nSPS) is 22.5. The second-order valence-corrected chi connectivity index (χ2v) is 6.70. The number of fused-ring (bicyclic) bond motifs is 2. The van der Waals surface area contributed by atoms with Crippen molar-refractivity contribution >= 4 is 11.5 Å². The Morgan fingerprint density at radius 2 is 2.08 bits per heavy atom. The van der Waals surface area contributed by atoms with E-state index >= 15 is 0 Å². The average molecular weight is 357 g/mol. The minimum atomic E-state index is -2.63. The number of halogens is 2. The van der Waals surface area contributed by atoms with Crippen LogP contribution in [0.2, 0.25) is 0 Å². The summed E-state index contributed by atoms with van der Waals surface area (Å²) in [6.45, 7) is 2.97. The van der Waals surface area contributed by atoms with Gasteiger partial charge in [-0.05, 0) is 24.5 Å². The van der Waals surface area contributed by atoms with Gasteiger partial charge in [0.15, 0.2) is 5.65 Å². The molecule has 3 aromatic heterocycles. The van der Waals surface area contributed by atoms with Crippen LogP contribution in [-0.4, -0.2) is 50.2 Å². The number of rotatable bonds is 3. The molecule has 2 saturated heterocycles. The molecule has 1 N–H and O–H groups in total. The van der Waals surface area contributed by atoms with E-state index in [-0.39, 0.29) is 5.69 Å². The molecule has 2 atom stereocenters. The fourth-order valence-corrected chi connectivity index (χ4v) is 3.96. The number of imidazole rings is 1. The Labute approximate surface area is 148 Å². The minimum Gasteiger partial charge on any atom is -0.352 e. The quantitative estimate of drug-likeness (QED) is 0.772. The van der Waals surface area contributed by atoms with Crippen LogP contribution in [0.15, 0.2) is 30.7 Å². The van der Waals surface area contributed by atoms with Crippen LogP contribution in [0.5, 0.6) is 0 Å². The van der Waals surface area contributed by atoms with Crippen LogP contribution >= 0.6 is 0 Å². The molecule has 5 heterocycles. The number of anilines is 1. The molecule has 9 heteroatoms. The van der Waals surface area contributed by atoms with Crippen LogP contribution in [0, 0.1) is 5.92 Å². The zero-order valence-electron chi connectivity index (χ0n) is 13.9. The molecule has 26 heavy (non-hydrogen) atoms. The van der Waals surface area contributed by atoms with Crippen LogP contribution in [-0.2, 0) is 0 Å². The van der Waals surface area contributed by atoms with Crippen LogP contribution in [0.1, 0.15) is 18.5 Å². The van der Waals surface area contributed by atoms with E-state index in [1.165, 1.54) is 23.0 Å². The van der Waals surface area contributed by atoms with Crippen LogP contribution in [0.4, 0.5) is 14.6 Å². The topological polar surface area (TPSA) is 71.2 Å². The molecule has 0 saturated carbocycles. The molecule has 2 unspecified atom stereocenters. The Morgan fingerprint density at radius 1 is 1.15 bits per heavy atom. The van der Waals surface area contributed by atoms with Gasteiger partial charge in [-0.2, -0.15) is 5.10 Å². The van der Waals surface area contributed by atoms with E-state index in [1.807, 2.05) is 6.07 Å². The van der Waals surface area contributed by atoms with Crippen LogP contribution in [0.25, 0.3) is 17.0 Å². The number of nitrogens with zero attached hydrogens (tertiary/aromatic N) is 6. The smallest absolute Gasteiger partial charge is 0.282 e. The number of nitrogens with one attached hydrogen (secondary N) is 1. The van der Waals surface area contributed by atoms with Gasteiger partial charge in [0.25, 0.3) is 6.43 Å². The van der Waals surface area contributed by atoms with Crippen molar-refractivity contribution < 1.29 is 8.78 Å². The molecule has 134 valence electrons. The lowest BCUT2D eigenvalue weighted by molar-refractivity contribution is 0.144. The molecule has 0 radical (unpaired) electrons. The molecular formula is C17H17F2N7. The van der Waals surface area contributed by atoms with Gasteiger partial charge >= 0.3 is 0 Å². The Hall–Kier alpha value is -2.68. The molecule has 0 aliphatic carbocycles. The summed E-state index contributed by atoms with van der Waals surface area (Å²) < 4.78 is 27.4. The van der Waals surface area contributed by atoms with E-state index < -0.39 is 6.43 Å². The average Bonchev–Trinajstić information content (AvgIpc) is 3.36. The van der Waals surface area contributed by atoms with E-state index in [0.29, 0.717) is 29.0 Å². The van der Waals surface area contributed by atoms with Gasteiger partial charge in [0.1, 0.15) is 23.5 Å². The third-order valence-electron chi connectivity index (χ3n) is 5.26. The summed E-state index contributed by atoms with van der Waals surface area (Å²) in [4.78, 5) is 15.3. The van der Waals surface area contributed by atoms with Crippen molar-refractivity contribution in [2.24, 2.45) is 5.92 Å². The molecular weight excluding hydrogens is 340 g/mol. The van der Waals surface area contributed by atoms with Gasteiger partial charge < -0.3 is 10.2 Å². The van der Waals surface area contributed by atoms with Gasteiger partial charge in [0.05, 0.1) is 11.9 Å². The van der Waals surface area contributed by atoms with Gasteiger partial charge in [0, 0.05) is 31.7 Å². The Morgan fingerprint density at radius 3 is 2.96 bits per heavy atom. The van der Waals surface area contributed by atoms with Crippen molar-refractivity contribution in [3.8, 4) is 11.4 Å². The number of alkyl halides is 2. The van der Waals surface area contributed by atoms with Crippen molar-refractivity contribution in [1.82, 2.24) is 29.9 Å². The highest BCUT2D eigenvalue weighted by Crippen LogP contribution is 2.32. The largest absolute Gasteiger partial charge is 0.352 e. The molecule has 0 bridgehead atoms. The van der Waals surface area contributed by atoms with Gasteiger partial charge in [-0.15, -0.1) is 0 Å². The molecule has 0 aromatic carbocycles. The molecule has 0 spiro atoms. The van der Waals surface area contributed by atoms with Crippen LogP contribution < -0.4 is 10.2 Å². The first-order chi connectivity index (χ1) is 12.7. The van der Waals surface area contributed by atoms with Gasteiger partial charge in [0.2, 0.25) is 0 Å². The minimum absolute atomic E-state index is 0.287. The number of hydrogen-bond acceptors (Lipinski definition) is 6. The zero-order chi connectivity index (χ0) is 17.7. The standard InChI is InChI=1S/C17H17F2N7/c18-17(19)11-1-2-15-21-8-14(26(15)24-11)12-5-16(23-9-22-12)25-4-3-10-6-20-7-13(10)25/h1-2,5,8-10,13,17,20H,3-4,6-7H2. The summed E-state index contributed by atoms with van der Waals surface area (Å²) in [5.41, 5.74) is 1.42. The summed E-state index contributed by atoms with van der Waals surface area (Å²) >= 11 is 0. The van der Waals surface area contributed by atoms with Crippen molar-refractivity contribution in [3.63, 3.8) is 0 Å². The second kappa shape index (κ2) is 5.94. The van der Waals surface area contributed by atoms with Crippen molar-refractivity contribution in [3.05, 3.63) is 36.4 Å². The van der Waals surface area contributed by atoms with Gasteiger partial charge in [-0.3, -0.25) is 0 Å². The summed E-state index contributed by atoms with van der Waals surface area (Å²) in [6.07, 6.45) is 1.63. The Bertz CT molecular complexity index is 957. The third kappa shape index (κ3) is 2.42. The predicted octanol–water partition coefficient (Wildman–Crippen LogP) is 1.92. The highest BCUT2D eigenvalue weighted by atomic mass is 19.3. The second-order valence-electron chi connectivity index (χ2n) is 6.70. The van der Waals surface area contributed by atoms with E-state index in [4.69, 9.17) is 0 Å². The highest BCUT2D eigenvalue weighted by molar-refractivity contribution is 5.62. The first kappa shape index (κ1) is 15.6. The lowest BCUT2D eigenvalue weighted by Gasteiger charge is -2.24. The third-order valence-corrected chi connectivity index (χ3v) is 5.26. The monoisotopic (exact) mass is 357 g/mol. The number of aromatic nitrogens is 5. The molecule has 3 aromatic rings.